The predicted octanol–water partition coefficient (Wildman–Crippen LogP) is 2.15. The molecule has 12 nitrogen and oxygen atoms in total. The van der Waals surface area contributed by atoms with Crippen LogP contribution in [0.2, 0.25) is 0 Å². The summed E-state index contributed by atoms with van der Waals surface area (Å²) in [6.45, 7) is 2.00. The molecule has 0 saturated carbocycles. The second kappa shape index (κ2) is 12.1. The second-order valence-corrected chi connectivity index (χ2v) is 8.80. The lowest BCUT2D eigenvalue weighted by atomic mass is 10.2. The van der Waals surface area contributed by atoms with Gasteiger partial charge in [0.15, 0.2) is 5.16 Å². The third-order valence-corrected chi connectivity index (χ3v) is 6.12. The highest BCUT2D eigenvalue weighted by Gasteiger charge is 2.18. The normalized spacial score (nSPS) is 10.7. The van der Waals surface area contributed by atoms with Gasteiger partial charge in [0.2, 0.25) is 5.91 Å². The minimum Gasteiger partial charge on any atom is -0.497 e. The maximum absolute atomic E-state index is 12.6. The number of benzene rings is 2. The highest BCUT2D eigenvalue weighted by Crippen LogP contribution is 2.25. The van der Waals surface area contributed by atoms with Gasteiger partial charge in [0.05, 0.1) is 30.7 Å². The van der Waals surface area contributed by atoms with Crippen molar-refractivity contribution < 1.29 is 19.1 Å². The van der Waals surface area contributed by atoms with E-state index in [2.05, 4.69) is 25.5 Å². The number of hydrogen-bond donors (Lipinski definition) is 3. The van der Waals surface area contributed by atoms with Crippen LogP contribution in [0.5, 0.6) is 5.75 Å². The average molecular weight is 537 g/mol. The topological polar surface area (TPSA) is 161 Å². The fraction of sp³-hybridized carbons (Fsp3) is 0.200. The van der Waals surface area contributed by atoms with Crippen LogP contribution in [0.1, 0.15) is 28.8 Å². The zero-order valence-electron chi connectivity index (χ0n) is 20.5. The summed E-state index contributed by atoms with van der Waals surface area (Å²) in [4.78, 5) is 52.6. The summed E-state index contributed by atoms with van der Waals surface area (Å²) < 4.78 is 12.0. The van der Waals surface area contributed by atoms with Gasteiger partial charge < -0.3 is 19.8 Å². The summed E-state index contributed by atoms with van der Waals surface area (Å²) in [5, 5.41) is 11.7. The number of amides is 1. The van der Waals surface area contributed by atoms with Gasteiger partial charge in [-0.25, -0.2) is 9.59 Å². The lowest BCUT2D eigenvalue weighted by molar-refractivity contribution is -0.113. The zero-order valence-corrected chi connectivity index (χ0v) is 21.3. The number of nitrogens with zero attached hydrogens (tertiary/aromatic N) is 3. The molecular weight excluding hydrogens is 512 g/mol. The van der Waals surface area contributed by atoms with Crippen molar-refractivity contribution in [2.24, 2.45) is 0 Å². The van der Waals surface area contributed by atoms with Gasteiger partial charge in [-0.05, 0) is 43.3 Å². The Hall–Kier alpha value is -4.65. The van der Waals surface area contributed by atoms with E-state index >= 15 is 0 Å². The molecule has 2 aromatic heterocycles. The molecule has 0 spiro atoms. The van der Waals surface area contributed by atoms with Crippen LogP contribution in [-0.4, -0.2) is 56.1 Å². The maximum atomic E-state index is 12.6. The van der Waals surface area contributed by atoms with Gasteiger partial charge in [-0.15, -0.1) is 10.2 Å². The lowest BCUT2D eigenvalue weighted by Gasteiger charge is -2.12. The quantitative estimate of drug-likeness (QED) is 0.204. The summed E-state index contributed by atoms with van der Waals surface area (Å²) in [7, 11) is 1.55. The van der Waals surface area contributed by atoms with Crippen LogP contribution in [0.25, 0.3) is 5.69 Å². The number of thioether (sulfide) groups is 1. The van der Waals surface area contributed by atoms with E-state index in [1.165, 1.54) is 6.07 Å². The monoisotopic (exact) mass is 536 g/mol. The van der Waals surface area contributed by atoms with E-state index in [0.717, 1.165) is 11.8 Å². The molecule has 0 aliphatic rings. The van der Waals surface area contributed by atoms with E-state index in [0.29, 0.717) is 39.4 Å². The Balaban J connectivity index is 1.53. The fourth-order valence-corrected chi connectivity index (χ4v) is 4.30. The summed E-state index contributed by atoms with van der Waals surface area (Å²) in [5.74, 6) is 0.338. The molecule has 2 heterocycles. The molecule has 0 aliphatic carbocycles. The van der Waals surface area contributed by atoms with Gasteiger partial charge in [-0.2, -0.15) is 0 Å². The van der Waals surface area contributed by atoms with Crippen molar-refractivity contribution in [3.8, 4) is 11.4 Å². The van der Waals surface area contributed by atoms with Crippen LogP contribution < -0.4 is 21.3 Å². The van der Waals surface area contributed by atoms with E-state index in [4.69, 9.17) is 9.47 Å². The molecule has 13 heteroatoms. The molecule has 0 aliphatic heterocycles. The molecular formula is C25H24N6O6S. The number of aromatic nitrogens is 5. The number of esters is 1. The molecule has 2 aromatic carbocycles. The van der Waals surface area contributed by atoms with E-state index < -0.39 is 17.2 Å². The first kappa shape index (κ1) is 26.4. The third-order valence-electron chi connectivity index (χ3n) is 5.19. The number of hydrogen-bond acceptors (Lipinski definition) is 9. The van der Waals surface area contributed by atoms with Gasteiger partial charge in [0.1, 0.15) is 11.6 Å². The highest BCUT2D eigenvalue weighted by atomic mass is 32.2. The predicted molar refractivity (Wildman–Crippen MR) is 140 cm³/mol. The second-order valence-electron chi connectivity index (χ2n) is 7.86. The van der Waals surface area contributed by atoms with Crippen LogP contribution in [0, 0.1) is 0 Å². The zero-order chi connectivity index (χ0) is 27.1. The minimum atomic E-state index is -0.624. The van der Waals surface area contributed by atoms with E-state index in [9.17, 15) is 19.2 Å². The molecule has 3 N–H and O–H groups in total. The van der Waals surface area contributed by atoms with E-state index in [1.807, 2.05) is 6.07 Å². The number of carbonyl (C=O) groups excluding carboxylic acids is 2. The van der Waals surface area contributed by atoms with Crippen molar-refractivity contribution in [3.63, 3.8) is 0 Å². The van der Waals surface area contributed by atoms with Crippen LogP contribution in [0.4, 0.5) is 5.69 Å². The van der Waals surface area contributed by atoms with Crippen molar-refractivity contribution in [2.75, 3.05) is 24.8 Å². The summed E-state index contributed by atoms with van der Waals surface area (Å²) >= 11 is 1.16. The number of H-pyrrole nitrogens is 2. The number of ether oxygens (including phenoxy) is 2. The Morgan fingerprint density at radius 2 is 1.84 bits per heavy atom. The molecule has 0 radical (unpaired) electrons. The Morgan fingerprint density at radius 1 is 1.05 bits per heavy atom. The van der Waals surface area contributed by atoms with Gasteiger partial charge in [0.25, 0.3) is 5.56 Å². The highest BCUT2D eigenvalue weighted by molar-refractivity contribution is 7.99. The number of anilines is 1. The lowest BCUT2D eigenvalue weighted by Crippen LogP contribution is -2.23. The number of methoxy groups -OCH3 is 1. The minimum absolute atomic E-state index is 0.0174. The van der Waals surface area contributed by atoms with Crippen molar-refractivity contribution in [2.45, 2.75) is 18.5 Å². The first-order valence-corrected chi connectivity index (χ1v) is 12.5. The number of nitrogens with one attached hydrogen (secondary N) is 3. The first-order valence-electron chi connectivity index (χ1n) is 11.5. The van der Waals surface area contributed by atoms with E-state index in [-0.39, 0.29) is 24.7 Å². The van der Waals surface area contributed by atoms with Gasteiger partial charge in [-0.3, -0.25) is 19.1 Å². The van der Waals surface area contributed by atoms with Crippen LogP contribution in [0.3, 0.4) is 0 Å². The van der Waals surface area contributed by atoms with E-state index in [1.54, 1.807) is 61.1 Å². The molecule has 0 atom stereocenters. The van der Waals surface area contributed by atoms with Gasteiger partial charge in [0, 0.05) is 29.9 Å². The molecule has 4 aromatic rings. The number of aromatic amines is 2. The summed E-state index contributed by atoms with van der Waals surface area (Å²) in [5.41, 5.74) is 0.792. The third kappa shape index (κ3) is 6.56. The largest absolute Gasteiger partial charge is 0.497 e. The van der Waals surface area contributed by atoms with Crippen molar-refractivity contribution in [3.05, 3.63) is 92.5 Å². The molecule has 0 saturated heterocycles. The molecule has 1 amide bonds. The van der Waals surface area contributed by atoms with Crippen molar-refractivity contribution >= 4 is 29.3 Å². The van der Waals surface area contributed by atoms with Crippen LogP contribution >= 0.6 is 11.8 Å². The molecule has 0 unspecified atom stereocenters. The van der Waals surface area contributed by atoms with Gasteiger partial charge in [-0.1, -0.05) is 17.8 Å². The molecule has 196 valence electrons. The smallest absolute Gasteiger partial charge is 0.338 e. The Labute approximate surface area is 220 Å². The molecule has 0 fully saturated rings. The molecule has 0 bridgehead atoms. The van der Waals surface area contributed by atoms with Gasteiger partial charge >= 0.3 is 11.7 Å². The number of rotatable bonds is 10. The van der Waals surface area contributed by atoms with Crippen molar-refractivity contribution in [1.29, 1.82) is 0 Å². The summed E-state index contributed by atoms with van der Waals surface area (Å²) in [6.07, 6.45) is 0.114. The Morgan fingerprint density at radius 3 is 2.55 bits per heavy atom. The first-order chi connectivity index (χ1) is 18.4. The molecule has 4 rings (SSSR count). The standard InChI is InChI=1S/C25H24N6O6S/c1-3-37-23(34)15-7-9-16(10-8-15)26-22(33)14-38-25-30-29-20(11-17-12-21(32)28-24(35)27-17)31(25)18-5-4-6-19(13-18)36-2/h4-10,12-13H,3,11,14H2,1-2H3,(H,26,33)(H2,27,28,32,35). The Bertz CT molecular complexity index is 1530. The molecule has 38 heavy (non-hydrogen) atoms. The SMILES string of the molecule is CCOC(=O)c1ccc(NC(=O)CSc2nnc(Cc3cc(=O)[nH]c(=O)[nH]3)n2-c2cccc(OC)c2)cc1. The maximum Gasteiger partial charge on any atom is 0.338 e. The Kier molecular flexibility index (Phi) is 8.38. The fourth-order valence-electron chi connectivity index (χ4n) is 3.53. The average Bonchev–Trinajstić information content (AvgIpc) is 3.29. The summed E-state index contributed by atoms with van der Waals surface area (Å²) in [6, 6.07) is 14.9. The van der Waals surface area contributed by atoms with Crippen molar-refractivity contribution in [1.82, 2.24) is 24.7 Å². The number of carbonyl (C=O) groups is 2. The van der Waals surface area contributed by atoms with Crippen LogP contribution in [-0.2, 0) is 16.0 Å². The van der Waals surface area contributed by atoms with Crippen LogP contribution in [0.15, 0.2) is 69.3 Å².